The van der Waals surface area contributed by atoms with Crippen LogP contribution in [0.3, 0.4) is 0 Å². The topological polar surface area (TPSA) is 98.0 Å². The molecule has 2 saturated heterocycles. The number of rotatable bonds is 6. The molecule has 4 heterocycles. The van der Waals surface area contributed by atoms with Crippen molar-refractivity contribution in [3.8, 4) is 0 Å². The normalized spacial score (nSPS) is 17.8. The number of amides is 1. The lowest BCUT2D eigenvalue weighted by molar-refractivity contribution is -0.120. The molecule has 2 aliphatic rings. The van der Waals surface area contributed by atoms with E-state index in [2.05, 4.69) is 30.2 Å². The van der Waals surface area contributed by atoms with Crippen LogP contribution in [0.1, 0.15) is 6.92 Å². The number of hydrogen-bond acceptors (Lipinski definition) is 7. The molecule has 4 rings (SSSR count). The summed E-state index contributed by atoms with van der Waals surface area (Å²) in [6.07, 6.45) is 7.17. The predicted octanol–water partition coefficient (Wildman–Crippen LogP) is 0.264. The number of hydrogen-bond donors (Lipinski definition) is 1. The lowest BCUT2D eigenvalue weighted by Crippen LogP contribution is -2.55. The molecule has 0 saturated carbocycles. The highest BCUT2D eigenvalue weighted by Gasteiger charge is 2.27. The molecule has 12 heteroatoms. The standard InChI is InChI=1S/C21H32N10O.HI/c1-3-22-20(30-13-14-31(19(32)17-30)18-15-26-27(2)16-18)25-7-8-28-9-11-29(12-10-28)21-23-5-4-6-24-21;/h4-6,15-16H,3,7-14,17H2,1-2H3,(H,22,25);1H. The van der Waals surface area contributed by atoms with E-state index in [1.54, 1.807) is 28.2 Å². The minimum atomic E-state index is 0. The van der Waals surface area contributed by atoms with E-state index in [9.17, 15) is 4.79 Å². The van der Waals surface area contributed by atoms with E-state index >= 15 is 0 Å². The Morgan fingerprint density at radius 2 is 1.88 bits per heavy atom. The van der Waals surface area contributed by atoms with E-state index in [0.29, 0.717) is 19.6 Å². The first kappa shape index (κ1) is 25.1. The molecule has 0 aliphatic carbocycles. The molecule has 33 heavy (non-hydrogen) atoms. The summed E-state index contributed by atoms with van der Waals surface area (Å²) in [4.78, 5) is 34.7. The van der Waals surface area contributed by atoms with Crippen molar-refractivity contribution in [1.82, 2.24) is 34.9 Å². The molecule has 0 bridgehead atoms. The van der Waals surface area contributed by atoms with E-state index in [-0.39, 0.29) is 29.9 Å². The van der Waals surface area contributed by atoms with Crippen molar-refractivity contribution in [3.63, 3.8) is 0 Å². The van der Waals surface area contributed by atoms with Gasteiger partial charge in [-0.15, -0.1) is 24.0 Å². The summed E-state index contributed by atoms with van der Waals surface area (Å²) in [6.45, 7) is 9.84. The molecule has 11 nitrogen and oxygen atoms in total. The minimum Gasteiger partial charge on any atom is -0.357 e. The smallest absolute Gasteiger partial charge is 0.246 e. The van der Waals surface area contributed by atoms with Crippen LogP contribution in [0.5, 0.6) is 0 Å². The van der Waals surface area contributed by atoms with Gasteiger partial charge in [-0.25, -0.2) is 9.97 Å². The van der Waals surface area contributed by atoms with E-state index in [1.165, 1.54) is 0 Å². The van der Waals surface area contributed by atoms with Crippen LogP contribution in [0.25, 0.3) is 0 Å². The number of aromatic nitrogens is 4. The van der Waals surface area contributed by atoms with Crippen LogP contribution >= 0.6 is 24.0 Å². The van der Waals surface area contributed by atoms with Gasteiger partial charge in [-0.2, -0.15) is 5.10 Å². The molecule has 2 aliphatic heterocycles. The van der Waals surface area contributed by atoms with Gasteiger partial charge in [0.1, 0.15) is 6.54 Å². The van der Waals surface area contributed by atoms with Crippen LogP contribution in [0.15, 0.2) is 35.8 Å². The van der Waals surface area contributed by atoms with Gasteiger partial charge in [-0.3, -0.25) is 19.4 Å². The number of nitrogens with one attached hydrogen (secondary N) is 1. The molecule has 1 amide bonds. The highest BCUT2D eigenvalue weighted by Crippen LogP contribution is 2.16. The molecule has 0 unspecified atom stereocenters. The average Bonchev–Trinajstić information content (AvgIpc) is 3.25. The van der Waals surface area contributed by atoms with Crippen molar-refractivity contribution in [1.29, 1.82) is 0 Å². The Balaban J connectivity index is 0.00000306. The number of carbonyl (C=O) groups excluding carboxylic acids is 1. The summed E-state index contributed by atoms with van der Waals surface area (Å²) in [5, 5.41) is 7.52. The summed E-state index contributed by atoms with van der Waals surface area (Å²) in [7, 11) is 1.86. The van der Waals surface area contributed by atoms with Gasteiger partial charge < -0.3 is 20.0 Å². The Morgan fingerprint density at radius 3 is 2.52 bits per heavy atom. The highest BCUT2D eigenvalue weighted by molar-refractivity contribution is 14.0. The summed E-state index contributed by atoms with van der Waals surface area (Å²) in [5.41, 5.74) is 0.846. The van der Waals surface area contributed by atoms with Crippen LogP contribution in [0.2, 0.25) is 0 Å². The average molecular weight is 568 g/mol. The Kier molecular flexibility index (Phi) is 9.23. The van der Waals surface area contributed by atoms with Crippen molar-refractivity contribution in [2.24, 2.45) is 12.0 Å². The van der Waals surface area contributed by atoms with E-state index < -0.39 is 0 Å². The third-order valence-corrected chi connectivity index (χ3v) is 5.74. The monoisotopic (exact) mass is 568 g/mol. The molecule has 2 aromatic heterocycles. The van der Waals surface area contributed by atoms with Crippen LogP contribution < -0.4 is 15.1 Å². The molecule has 2 fully saturated rings. The number of carbonyl (C=O) groups is 1. The quantitative estimate of drug-likeness (QED) is 0.302. The summed E-state index contributed by atoms with van der Waals surface area (Å²) in [5.74, 6) is 1.67. The maximum absolute atomic E-state index is 12.7. The first-order valence-electron chi connectivity index (χ1n) is 11.2. The SMILES string of the molecule is CCNC(=NCCN1CCN(c2ncccn2)CC1)N1CCN(c2cnn(C)c2)C(=O)C1.I. The zero-order valence-electron chi connectivity index (χ0n) is 19.3. The lowest BCUT2D eigenvalue weighted by Gasteiger charge is -2.36. The van der Waals surface area contributed by atoms with Crippen LogP contribution in [-0.2, 0) is 11.8 Å². The maximum atomic E-state index is 12.7. The van der Waals surface area contributed by atoms with Crippen molar-refractivity contribution in [3.05, 3.63) is 30.9 Å². The summed E-state index contributed by atoms with van der Waals surface area (Å²) >= 11 is 0. The molecule has 0 atom stereocenters. The second-order valence-corrected chi connectivity index (χ2v) is 7.95. The second kappa shape index (κ2) is 12.1. The Labute approximate surface area is 211 Å². The number of aliphatic imine (C=N–C) groups is 1. The van der Waals surface area contributed by atoms with Crippen LogP contribution in [0, 0.1) is 0 Å². The number of anilines is 2. The summed E-state index contributed by atoms with van der Waals surface area (Å²) in [6, 6.07) is 1.84. The Hall–Kier alpha value is -2.48. The van der Waals surface area contributed by atoms with Gasteiger partial charge in [0.2, 0.25) is 11.9 Å². The summed E-state index contributed by atoms with van der Waals surface area (Å²) < 4.78 is 1.72. The van der Waals surface area contributed by atoms with Crippen LogP contribution in [-0.4, -0.2) is 107 Å². The molecular weight excluding hydrogens is 535 g/mol. The van der Waals surface area contributed by atoms with Gasteiger partial charge in [0.25, 0.3) is 0 Å². The van der Waals surface area contributed by atoms with Crippen LogP contribution in [0.4, 0.5) is 11.6 Å². The highest BCUT2D eigenvalue weighted by atomic mass is 127. The fraction of sp³-hybridized carbons (Fsp3) is 0.571. The van der Waals surface area contributed by atoms with E-state index in [0.717, 1.165) is 63.4 Å². The predicted molar refractivity (Wildman–Crippen MR) is 139 cm³/mol. The van der Waals surface area contributed by atoms with Crippen molar-refractivity contribution in [2.75, 3.05) is 75.2 Å². The Bertz CT molecular complexity index is 913. The van der Waals surface area contributed by atoms with Gasteiger partial charge in [0, 0.05) is 78.0 Å². The van der Waals surface area contributed by atoms with Gasteiger partial charge in [0.05, 0.1) is 18.4 Å². The molecule has 0 spiro atoms. The van der Waals surface area contributed by atoms with E-state index in [4.69, 9.17) is 4.99 Å². The molecule has 0 radical (unpaired) electrons. The molecule has 2 aromatic rings. The zero-order valence-corrected chi connectivity index (χ0v) is 21.6. The van der Waals surface area contributed by atoms with Crippen molar-refractivity contribution in [2.45, 2.75) is 6.92 Å². The second-order valence-electron chi connectivity index (χ2n) is 7.95. The van der Waals surface area contributed by atoms with Gasteiger partial charge >= 0.3 is 0 Å². The maximum Gasteiger partial charge on any atom is 0.246 e. The largest absolute Gasteiger partial charge is 0.357 e. The molecule has 1 N–H and O–H groups in total. The van der Waals surface area contributed by atoms with E-state index in [1.807, 2.05) is 31.1 Å². The third kappa shape index (κ3) is 6.53. The van der Waals surface area contributed by atoms with Crippen molar-refractivity contribution < 1.29 is 4.79 Å². The third-order valence-electron chi connectivity index (χ3n) is 5.74. The number of nitrogens with zero attached hydrogens (tertiary/aromatic N) is 9. The molecule has 0 aromatic carbocycles. The molecular formula is C21H33IN10O. The fourth-order valence-corrected chi connectivity index (χ4v) is 4.02. The number of halogens is 1. The minimum absolute atomic E-state index is 0. The first-order valence-corrected chi connectivity index (χ1v) is 11.2. The molecule has 180 valence electrons. The van der Waals surface area contributed by atoms with Gasteiger partial charge in [-0.1, -0.05) is 0 Å². The first-order chi connectivity index (χ1) is 15.6. The number of guanidine groups is 1. The van der Waals surface area contributed by atoms with Gasteiger partial charge in [0.15, 0.2) is 5.96 Å². The zero-order chi connectivity index (χ0) is 22.3. The number of aryl methyl sites for hydroxylation is 1. The van der Waals surface area contributed by atoms with Crippen molar-refractivity contribution >= 4 is 47.5 Å². The Morgan fingerprint density at radius 1 is 1.12 bits per heavy atom. The fourth-order valence-electron chi connectivity index (χ4n) is 4.02. The number of piperazine rings is 2. The van der Waals surface area contributed by atoms with Gasteiger partial charge in [-0.05, 0) is 13.0 Å². The lowest BCUT2D eigenvalue weighted by atomic mass is 10.3.